The van der Waals surface area contributed by atoms with Crippen LogP contribution in [0.2, 0.25) is 0 Å². The number of nitrogens with zero attached hydrogens (tertiary/aromatic N) is 2. The van der Waals surface area contributed by atoms with E-state index in [1.54, 1.807) is 36.3 Å². The van der Waals surface area contributed by atoms with Crippen molar-refractivity contribution in [2.75, 3.05) is 11.5 Å². The largest absolute Gasteiger partial charge is 0.388 e. The molecule has 0 bridgehead atoms. The molecule has 0 aromatic heterocycles. The Morgan fingerprint density at radius 2 is 1.68 bits per heavy atom. The summed E-state index contributed by atoms with van der Waals surface area (Å²) < 4.78 is 11.3. The van der Waals surface area contributed by atoms with Gasteiger partial charge in [0, 0.05) is 6.54 Å². The Hall–Kier alpha value is -2.62. The highest BCUT2D eigenvalue weighted by atomic mass is 16.7. The summed E-state index contributed by atoms with van der Waals surface area (Å²) in [4.78, 5) is 33.9. The smallest absolute Gasteiger partial charge is 0.265 e. The van der Waals surface area contributed by atoms with E-state index in [0.717, 1.165) is 5.56 Å². The second-order valence-corrected chi connectivity index (χ2v) is 8.02. The molecule has 3 fully saturated rings. The fourth-order valence-electron chi connectivity index (χ4n) is 4.59. The van der Waals surface area contributed by atoms with Crippen LogP contribution in [0.5, 0.6) is 0 Å². The number of hydroxylamine groups is 2. The summed E-state index contributed by atoms with van der Waals surface area (Å²) in [5.74, 6) is -1.55. The standard InChI is InChI=1S/C23H24N2O6/c1-14-29-13-17(26)20(30-14)19-18-21(31-24(19)12-15-8-4-2-5-9-15)23(28)25(22(18)27)16-10-6-3-7-11-16/h2-11,14,17-21,26H,12-13H2,1H3/t14-,17-,18+,19-,20-,21-/m1/s1. The molecule has 3 aliphatic heterocycles. The highest BCUT2D eigenvalue weighted by Gasteiger charge is 2.62. The van der Waals surface area contributed by atoms with Gasteiger partial charge in [0.1, 0.15) is 12.2 Å². The number of aliphatic hydroxyl groups is 1. The normalized spacial score (nSPS) is 33.7. The molecule has 2 amide bonds. The Balaban J connectivity index is 1.50. The van der Waals surface area contributed by atoms with Crippen molar-refractivity contribution in [2.24, 2.45) is 5.92 Å². The lowest BCUT2D eigenvalue weighted by Crippen LogP contribution is -2.56. The lowest BCUT2D eigenvalue weighted by molar-refractivity contribution is -0.275. The monoisotopic (exact) mass is 424 g/mol. The van der Waals surface area contributed by atoms with Crippen LogP contribution in [0.15, 0.2) is 60.7 Å². The number of hydrogen-bond donors (Lipinski definition) is 1. The number of aliphatic hydroxyl groups excluding tert-OH is 1. The topological polar surface area (TPSA) is 88.5 Å². The summed E-state index contributed by atoms with van der Waals surface area (Å²) in [7, 11) is 0. The third-order valence-corrected chi connectivity index (χ3v) is 6.01. The number of hydrogen-bond acceptors (Lipinski definition) is 7. The number of amides is 2. The zero-order chi connectivity index (χ0) is 21.5. The molecule has 5 rings (SSSR count). The summed E-state index contributed by atoms with van der Waals surface area (Å²) >= 11 is 0. The van der Waals surface area contributed by atoms with Gasteiger partial charge >= 0.3 is 0 Å². The number of fused-ring (bicyclic) bond motifs is 1. The molecular weight excluding hydrogens is 400 g/mol. The zero-order valence-electron chi connectivity index (χ0n) is 17.0. The van der Waals surface area contributed by atoms with Gasteiger partial charge in [-0.15, -0.1) is 0 Å². The molecule has 162 valence electrons. The van der Waals surface area contributed by atoms with Crippen molar-refractivity contribution in [1.29, 1.82) is 0 Å². The third-order valence-electron chi connectivity index (χ3n) is 6.01. The van der Waals surface area contributed by atoms with Crippen molar-refractivity contribution in [3.05, 3.63) is 66.2 Å². The third kappa shape index (κ3) is 3.56. The molecule has 31 heavy (non-hydrogen) atoms. The van der Waals surface area contributed by atoms with Crippen LogP contribution in [0.25, 0.3) is 0 Å². The number of imide groups is 1. The SMILES string of the molecule is C[C@@H]1OC[C@@H](O)[C@H]([C@H]2[C@@H]3C(=O)N(c4ccccc4)C(=O)[C@@H]3ON2Cc2ccccc2)O1. The van der Waals surface area contributed by atoms with E-state index in [0.29, 0.717) is 12.2 Å². The first kappa shape index (κ1) is 20.3. The zero-order valence-corrected chi connectivity index (χ0v) is 17.0. The quantitative estimate of drug-likeness (QED) is 0.744. The Morgan fingerprint density at radius 3 is 2.39 bits per heavy atom. The average Bonchev–Trinajstić information content (AvgIpc) is 3.26. The van der Waals surface area contributed by atoms with Crippen molar-refractivity contribution in [2.45, 2.75) is 44.1 Å². The second kappa shape index (κ2) is 8.14. The Labute approximate surface area is 179 Å². The number of carbonyl (C=O) groups excluding carboxylic acids is 2. The van der Waals surface area contributed by atoms with E-state index < -0.39 is 42.5 Å². The second-order valence-electron chi connectivity index (χ2n) is 8.02. The van der Waals surface area contributed by atoms with Crippen molar-refractivity contribution in [1.82, 2.24) is 5.06 Å². The minimum absolute atomic E-state index is 0.0867. The van der Waals surface area contributed by atoms with Gasteiger partial charge < -0.3 is 14.6 Å². The molecular formula is C23H24N2O6. The van der Waals surface area contributed by atoms with Gasteiger partial charge in [0.25, 0.3) is 5.91 Å². The Morgan fingerprint density at radius 1 is 1.00 bits per heavy atom. The van der Waals surface area contributed by atoms with Crippen LogP contribution in [0.3, 0.4) is 0 Å². The molecule has 1 N–H and O–H groups in total. The summed E-state index contributed by atoms with van der Waals surface area (Å²) in [6.45, 7) is 2.18. The van der Waals surface area contributed by atoms with E-state index in [1.807, 2.05) is 36.4 Å². The number of para-hydroxylation sites is 1. The van der Waals surface area contributed by atoms with E-state index in [4.69, 9.17) is 14.3 Å². The first-order valence-electron chi connectivity index (χ1n) is 10.4. The molecule has 0 radical (unpaired) electrons. The number of anilines is 1. The van der Waals surface area contributed by atoms with E-state index in [2.05, 4.69) is 0 Å². The van der Waals surface area contributed by atoms with Crippen molar-refractivity contribution in [3.63, 3.8) is 0 Å². The maximum absolute atomic E-state index is 13.5. The number of ether oxygens (including phenoxy) is 2. The van der Waals surface area contributed by atoms with E-state index >= 15 is 0 Å². The molecule has 6 atom stereocenters. The molecule has 0 spiro atoms. The predicted octanol–water partition coefficient (Wildman–Crippen LogP) is 1.48. The number of carbonyl (C=O) groups is 2. The molecule has 2 aromatic rings. The molecule has 3 aliphatic rings. The van der Waals surface area contributed by atoms with Crippen molar-refractivity contribution >= 4 is 17.5 Å². The minimum Gasteiger partial charge on any atom is -0.388 e. The predicted molar refractivity (Wildman–Crippen MR) is 109 cm³/mol. The van der Waals surface area contributed by atoms with Crippen molar-refractivity contribution in [3.8, 4) is 0 Å². The maximum atomic E-state index is 13.5. The van der Waals surface area contributed by atoms with Crippen LogP contribution in [-0.2, 0) is 30.4 Å². The van der Waals surface area contributed by atoms with Gasteiger partial charge in [0.2, 0.25) is 5.91 Å². The van der Waals surface area contributed by atoms with Crippen LogP contribution in [0.1, 0.15) is 12.5 Å². The molecule has 3 heterocycles. The Kier molecular flexibility index (Phi) is 5.33. The number of benzene rings is 2. The average molecular weight is 424 g/mol. The van der Waals surface area contributed by atoms with Gasteiger partial charge in [-0.3, -0.25) is 14.4 Å². The highest BCUT2D eigenvalue weighted by Crippen LogP contribution is 2.42. The molecule has 0 aliphatic carbocycles. The molecule has 3 saturated heterocycles. The first-order chi connectivity index (χ1) is 15.0. The highest BCUT2D eigenvalue weighted by molar-refractivity contribution is 6.23. The van der Waals surface area contributed by atoms with E-state index in [1.165, 1.54) is 4.90 Å². The molecule has 0 unspecified atom stereocenters. The van der Waals surface area contributed by atoms with Crippen LogP contribution in [-0.4, -0.2) is 59.2 Å². The first-order valence-corrected chi connectivity index (χ1v) is 10.4. The summed E-state index contributed by atoms with van der Waals surface area (Å²) in [5, 5.41) is 12.3. The summed E-state index contributed by atoms with van der Waals surface area (Å²) in [6.07, 6.45) is -3.19. The lowest BCUT2D eigenvalue weighted by Gasteiger charge is -2.39. The van der Waals surface area contributed by atoms with E-state index in [-0.39, 0.29) is 12.5 Å². The van der Waals surface area contributed by atoms with Crippen LogP contribution in [0, 0.1) is 5.92 Å². The molecule has 0 saturated carbocycles. The molecule has 2 aromatic carbocycles. The van der Waals surface area contributed by atoms with Gasteiger partial charge in [0.05, 0.1) is 24.3 Å². The van der Waals surface area contributed by atoms with Crippen LogP contribution >= 0.6 is 0 Å². The number of rotatable bonds is 4. The Bertz CT molecular complexity index is 955. The van der Waals surface area contributed by atoms with E-state index in [9.17, 15) is 14.7 Å². The van der Waals surface area contributed by atoms with Gasteiger partial charge in [-0.05, 0) is 24.6 Å². The lowest BCUT2D eigenvalue weighted by atomic mass is 9.89. The van der Waals surface area contributed by atoms with Crippen LogP contribution in [0.4, 0.5) is 5.69 Å². The van der Waals surface area contributed by atoms with Gasteiger partial charge in [-0.25, -0.2) is 4.90 Å². The molecule has 8 nitrogen and oxygen atoms in total. The minimum atomic E-state index is -0.963. The van der Waals surface area contributed by atoms with Crippen LogP contribution < -0.4 is 4.90 Å². The summed E-state index contributed by atoms with van der Waals surface area (Å²) in [6, 6.07) is 17.8. The fourth-order valence-corrected chi connectivity index (χ4v) is 4.59. The maximum Gasteiger partial charge on any atom is 0.265 e. The van der Waals surface area contributed by atoms with Gasteiger partial charge in [-0.2, -0.15) is 5.06 Å². The van der Waals surface area contributed by atoms with Gasteiger partial charge in [0.15, 0.2) is 12.4 Å². The summed E-state index contributed by atoms with van der Waals surface area (Å²) in [5.41, 5.74) is 1.47. The molecule has 8 heteroatoms. The fraction of sp³-hybridized carbons (Fsp3) is 0.391. The van der Waals surface area contributed by atoms with Crippen molar-refractivity contribution < 1.29 is 29.0 Å². The van der Waals surface area contributed by atoms with Gasteiger partial charge in [-0.1, -0.05) is 48.5 Å².